The quantitative estimate of drug-likeness (QED) is 0.693. The lowest BCUT2D eigenvalue weighted by Gasteiger charge is -2.10. The van der Waals surface area contributed by atoms with Crippen LogP contribution in [0.5, 0.6) is 0 Å². The number of carbonyl (C=O) groups excluding carboxylic acids is 1. The number of rotatable bonds is 3. The van der Waals surface area contributed by atoms with Crippen LogP contribution < -0.4 is 11.1 Å². The topological polar surface area (TPSA) is 92.4 Å². The Morgan fingerprint density at radius 1 is 1.50 bits per heavy atom. The summed E-state index contributed by atoms with van der Waals surface area (Å²) in [5.74, 6) is -1.65. The maximum Gasteiger partial charge on any atom is 0.325 e. The predicted octanol–water partition coefficient (Wildman–Crippen LogP) is 1.13. The molecule has 0 saturated carbocycles. The van der Waals surface area contributed by atoms with Crippen molar-refractivity contribution < 1.29 is 14.7 Å². The van der Waals surface area contributed by atoms with E-state index in [1.54, 1.807) is 0 Å². The standard InChI is InChI=1S/C10H11ClN2O3/c1-5(10(15)16)13-9(14)7-3-2-6(11)4-8(7)12/h2-5H,12H2,1H3,(H,13,14)(H,15,16)/t5-/m0/s1. The summed E-state index contributed by atoms with van der Waals surface area (Å²) in [4.78, 5) is 22.1. The third kappa shape index (κ3) is 2.87. The van der Waals surface area contributed by atoms with Crippen molar-refractivity contribution in [2.75, 3.05) is 5.73 Å². The number of amides is 1. The molecule has 0 fully saturated rings. The molecule has 0 aliphatic heterocycles. The Labute approximate surface area is 97.2 Å². The number of nitrogen functional groups attached to an aromatic ring is 1. The highest BCUT2D eigenvalue weighted by molar-refractivity contribution is 6.31. The molecular formula is C10H11ClN2O3. The highest BCUT2D eigenvalue weighted by atomic mass is 35.5. The van der Waals surface area contributed by atoms with Crippen LogP contribution in [0.2, 0.25) is 5.02 Å². The SMILES string of the molecule is C[C@H](NC(=O)c1ccc(Cl)cc1N)C(=O)O. The van der Waals surface area contributed by atoms with Gasteiger partial charge in [0.2, 0.25) is 0 Å². The summed E-state index contributed by atoms with van der Waals surface area (Å²) >= 11 is 5.67. The highest BCUT2D eigenvalue weighted by Crippen LogP contribution is 2.17. The minimum Gasteiger partial charge on any atom is -0.480 e. The van der Waals surface area contributed by atoms with Crippen molar-refractivity contribution in [2.45, 2.75) is 13.0 Å². The molecule has 0 aliphatic rings. The molecule has 5 nitrogen and oxygen atoms in total. The molecule has 0 aromatic heterocycles. The van der Waals surface area contributed by atoms with Gasteiger partial charge in [-0.1, -0.05) is 11.6 Å². The van der Waals surface area contributed by atoms with E-state index in [2.05, 4.69) is 5.32 Å². The summed E-state index contributed by atoms with van der Waals surface area (Å²) < 4.78 is 0. The normalized spacial score (nSPS) is 11.9. The number of hydrogen-bond acceptors (Lipinski definition) is 3. The monoisotopic (exact) mass is 242 g/mol. The first-order valence-corrected chi connectivity index (χ1v) is 4.88. The third-order valence-corrected chi connectivity index (χ3v) is 2.21. The van der Waals surface area contributed by atoms with E-state index in [1.807, 2.05) is 0 Å². The van der Waals surface area contributed by atoms with E-state index in [1.165, 1.54) is 25.1 Å². The van der Waals surface area contributed by atoms with Crippen molar-refractivity contribution in [2.24, 2.45) is 0 Å². The lowest BCUT2D eigenvalue weighted by atomic mass is 10.1. The van der Waals surface area contributed by atoms with Gasteiger partial charge in [-0.25, -0.2) is 0 Å². The lowest BCUT2D eigenvalue weighted by Crippen LogP contribution is -2.38. The minimum atomic E-state index is -1.11. The first-order chi connectivity index (χ1) is 7.41. The van der Waals surface area contributed by atoms with Crippen molar-refractivity contribution in [1.82, 2.24) is 5.32 Å². The van der Waals surface area contributed by atoms with Gasteiger partial charge in [-0.3, -0.25) is 9.59 Å². The Bertz CT molecular complexity index is 434. The summed E-state index contributed by atoms with van der Waals surface area (Å²) in [5, 5.41) is 11.3. The molecule has 86 valence electrons. The minimum absolute atomic E-state index is 0.206. The van der Waals surface area contributed by atoms with Crippen molar-refractivity contribution >= 4 is 29.2 Å². The van der Waals surface area contributed by atoms with Crippen molar-refractivity contribution in [3.05, 3.63) is 28.8 Å². The van der Waals surface area contributed by atoms with Crippen molar-refractivity contribution in [1.29, 1.82) is 0 Å². The zero-order valence-corrected chi connectivity index (χ0v) is 9.28. The fourth-order valence-corrected chi connectivity index (χ4v) is 1.26. The average Bonchev–Trinajstić information content (AvgIpc) is 2.16. The number of carboxylic acids is 1. The van der Waals surface area contributed by atoms with E-state index in [-0.39, 0.29) is 11.3 Å². The molecule has 1 amide bonds. The van der Waals surface area contributed by atoms with Crippen LogP contribution in [0.25, 0.3) is 0 Å². The Morgan fingerprint density at radius 2 is 2.12 bits per heavy atom. The molecule has 4 N–H and O–H groups in total. The van der Waals surface area contributed by atoms with E-state index in [9.17, 15) is 9.59 Å². The van der Waals surface area contributed by atoms with Crippen molar-refractivity contribution in [3.8, 4) is 0 Å². The van der Waals surface area contributed by atoms with Crippen molar-refractivity contribution in [3.63, 3.8) is 0 Å². The molecule has 0 saturated heterocycles. The zero-order chi connectivity index (χ0) is 12.3. The molecule has 1 aromatic carbocycles. The molecule has 16 heavy (non-hydrogen) atoms. The van der Waals surface area contributed by atoms with Crippen LogP contribution in [0.1, 0.15) is 17.3 Å². The molecule has 0 spiro atoms. The fraction of sp³-hybridized carbons (Fsp3) is 0.200. The highest BCUT2D eigenvalue weighted by Gasteiger charge is 2.16. The number of benzene rings is 1. The van der Waals surface area contributed by atoms with Crippen LogP contribution in [0.15, 0.2) is 18.2 Å². The summed E-state index contributed by atoms with van der Waals surface area (Å²) in [7, 11) is 0. The number of aliphatic carboxylic acids is 1. The van der Waals surface area contributed by atoms with E-state index >= 15 is 0 Å². The van der Waals surface area contributed by atoms with Crippen LogP contribution in [-0.2, 0) is 4.79 Å². The second kappa shape index (κ2) is 4.85. The van der Waals surface area contributed by atoms with Gasteiger partial charge in [0, 0.05) is 10.7 Å². The molecule has 0 unspecified atom stereocenters. The van der Waals surface area contributed by atoms with E-state index in [4.69, 9.17) is 22.4 Å². The number of anilines is 1. The van der Waals surface area contributed by atoms with Gasteiger partial charge in [0.25, 0.3) is 5.91 Å². The van der Waals surface area contributed by atoms with Crippen LogP contribution >= 0.6 is 11.6 Å². The number of carboxylic acid groups (broad SMARTS) is 1. The van der Waals surface area contributed by atoms with Gasteiger partial charge in [-0.2, -0.15) is 0 Å². The summed E-state index contributed by atoms with van der Waals surface area (Å²) in [5.41, 5.74) is 6.00. The van der Waals surface area contributed by atoms with E-state index in [0.29, 0.717) is 5.02 Å². The largest absolute Gasteiger partial charge is 0.480 e. The molecule has 0 bridgehead atoms. The second-order valence-corrected chi connectivity index (χ2v) is 3.70. The summed E-state index contributed by atoms with van der Waals surface area (Å²) in [6.07, 6.45) is 0. The van der Waals surface area contributed by atoms with Gasteiger partial charge in [0.15, 0.2) is 0 Å². The molecule has 0 radical (unpaired) electrons. The first-order valence-electron chi connectivity index (χ1n) is 4.50. The maximum absolute atomic E-state index is 11.6. The fourth-order valence-electron chi connectivity index (χ4n) is 1.08. The molecule has 1 rings (SSSR count). The van der Waals surface area contributed by atoms with Gasteiger partial charge in [-0.05, 0) is 25.1 Å². The Morgan fingerprint density at radius 3 is 2.62 bits per heavy atom. The predicted molar refractivity (Wildman–Crippen MR) is 60.4 cm³/mol. The van der Waals surface area contributed by atoms with Crippen LogP contribution in [0.3, 0.4) is 0 Å². The van der Waals surface area contributed by atoms with Gasteiger partial charge in [0.1, 0.15) is 6.04 Å². The van der Waals surface area contributed by atoms with E-state index in [0.717, 1.165) is 0 Å². The lowest BCUT2D eigenvalue weighted by molar-refractivity contribution is -0.138. The number of hydrogen-bond donors (Lipinski definition) is 3. The Kier molecular flexibility index (Phi) is 3.73. The summed E-state index contributed by atoms with van der Waals surface area (Å²) in [6.45, 7) is 1.37. The maximum atomic E-state index is 11.6. The Balaban J connectivity index is 2.85. The third-order valence-electron chi connectivity index (χ3n) is 1.98. The van der Waals surface area contributed by atoms with Crippen LogP contribution in [0, 0.1) is 0 Å². The number of carbonyl (C=O) groups is 2. The summed E-state index contributed by atoms with van der Waals surface area (Å²) in [6, 6.07) is 3.42. The Hall–Kier alpha value is -1.75. The number of halogens is 1. The molecule has 0 aliphatic carbocycles. The average molecular weight is 243 g/mol. The molecule has 1 aromatic rings. The number of nitrogens with one attached hydrogen (secondary N) is 1. The zero-order valence-electron chi connectivity index (χ0n) is 8.53. The smallest absolute Gasteiger partial charge is 0.325 e. The van der Waals surface area contributed by atoms with Gasteiger partial charge in [-0.15, -0.1) is 0 Å². The van der Waals surface area contributed by atoms with Gasteiger partial charge >= 0.3 is 5.97 Å². The van der Waals surface area contributed by atoms with Crippen LogP contribution in [0.4, 0.5) is 5.69 Å². The molecule has 6 heteroatoms. The van der Waals surface area contributed by atoms with Gasteiger partial charge < -0.3 is 16.2 Å². The number of nitrogens with two attached hydrogens (primary N) is 1. The van der Waals surface area contributed by atoms with Gasteiger partial charge in [0.05, 0.1) is 5.56 Å². The molecule has 0 heterocycles. The first kappa shape index (κ1) is 12.3. The second-order valence-electron chi connectivity index (χ2n) is 3.26. The molecular weight excluding hydrogens is 232 g/mol. The van der Waals surface area contributed by atoms with E-state index < -0.39 is 17.9 Å². The molecule has 1 atom stereocenters. The van der Waals surface area contributed by atoms with Crippen LogP contribution in [-0.4, -0.2) is 23.0 Å².